The quantitative estimate of drug-likeness (QED) is 0.943. The van der Waals surface area contributed by atoms with Gasteiger partial charge in [-0.15, -0.1) is 0 Å². The lowest BCUT2D eigenvalue weighted by molar-refractivity contribution is -0.117. The Morgan fingerprint density at radius 2 is 2.14 bits per heavy atom. The fraction of sp³-hybridized carbons (Fsp3) is 0.412. The molecular weight excluding hydrogens is 276 g/mol. The summed E-state index contributed by atoms with van der Waals surface area (Å²) >= 11 is 0. The lowest BCUT2D eigenvalue weighted by Crippen LogP contribution is -2.33. The maximum Gasteiger partial charge on any atom is 0.239 e. The van der Waals surface area contributed by atoms with Gasteiger partial charge < -0.3 is 5.32 Å². The number of carbonyl (C=O) groups excluding carboxylic acids is 1. The molecule has 2 aromatic rings. The van der Waals surface area contributed by atoms with E-state index in [1.807, 2.05) is 26.1 Å². The Bertz CT molecular complexity index is 650. The Kier molecular flexibility index (Phi) is 4.24. The van der Waals surface area contributed by atoms with Gasteiger partial charge in [-0.25, -0.2) is 0 Å². The number of likely N-dealkylation sites (tertiary alicyclic amines) is 1. The van der Waals surface area contributed by atoms with E-state index >= 15 is 0 Å². The van der Waals surface area contributed by atoms with Crippen LogP contribution in [0.3, 0.4) is 0 Å². The number of carbonyl (C=O) groups is 1. The third-order valence-corrected chi connectivity index (χ3v) is 4.16. The summed E-state index contributed by atoms with van der Waals surface area (Å²) in [5, 5.41) is 7.20. The first-order chi connectivity index (χ1) is 10.6. The summed E-state index contributed by atoms with van der Waals surface area (Å²) in [4.78, 5) is 14.6. The summed E-state index contributed by atoms with van der Waals surface area (Å²) in [7, 11) is 1.84. The van der Waals surface area contributed by atoms with Crippen molar-refractivity contribution in [2.75, 3.05) is 18.4 Å². The monoisotopic (exact) mass is 298 g/mol. The highest BCUT2D eigenvalue weighted by atomic mass is 16.2. The van der Waals surface area contributed by atoms with Gasteiger partial charge in [0, 0.05) is 19.2 Å². The Labute approximate surface area is 130 Å². The second-order valence-corrected chi connectivity index (χ2v) is 5.88. The molecule has 1 amide bonds. The molecule has 1 atom stereocenters. The average Bonchev–Trinajstić information content (AvgIpc) is 3.07. The first kappa shape index (κ1) is 14.8. The predicted molar refractivity (Wildman–Crippen MR) is 86.6 cm³/mol. The number of nitrogens with one attached hydrogen (secondary N) is 1. The number of anilines is 1. The summed E-state index contributed by atoms with van der Waals surface area (Å²) in [6.07, 6.45) is 2.25. The Hall–Kier alpha value is -2.14. The fourth-order valence-corrected chi connectivity index (χ4v) is 3.16. The van der Waals surface area contributed by atoms with Crippen molar-refractivity contribution in [2.45, 2.75) is 25.8 Å². The minimum atomic E-state index is 0.0193. The van der Waals surface area contributed by atoms with E-state index in [1.165, 1.54) is 5.56 Å². The molecule has 1 aliphatic heterocycles. The molecule has 22 heavy (non-hydrogen) atoms. The summed E-state index contributed by atoms with van der Waals surface area (Å²) in [6.45, 7) is 3.31. The lowest BCUT2D eigenvalue weighted by atomic mass is 10.0. The number of hydrogen-bond donors (Lipinski definition) is 1. The molecule has 1 unspecified atom stereocenters. The van der Waals surface area contributed by atoms with E-state index < -0.39 is 0 Å². The molecule has 1 aromatic carbocycles. The summed E-state index contributed by atoms with van der Waals surface area (Å²) in [5.41, 5.74) is 2.20. The van der Waals surface area contributed by atoms with Gasteiger partial charge in [0.1, 0.15) is 5.82 Å². The molecule has 1 N–H and O–H groups in total. The third kappa shape index (κ3) is 3.20. The van der Waals surface area contributed by atoms with Crippen molar-refractivity contribution < 1.29 is 4.79 Å². The average molecular weight is 298 g/mol. The zero-order valence-corrected chi connectivity index (χ0v) is 13.1. The lowest BCUT2D eigenvalue weighted by Gasteiger charge is -2.24. The number of benzene rings is 1. The molecule has 3 rings (SSSR count). The van der Waals surface area contributed by atoms with Crippen molar-refractivity contribution in [3.63, 3.8) is 0 Å². The number of hydrogen-bond acceptors (Lipinski definition) is 3. The molecule has 5 nitrogen and oxygen atoms in total. The molecule has 1 aromatic heterocycles. The van der Waals surface area contributed by atoms with Gasteiger partial charge in [-0.05, 0) is 31.9 Å². The van der Waals surface area contributed by atoms with E-state index in [-0.39, 0.29) is 5.91 Å². The molecule has 1 saturated heterocycles. The second-order valence-electron chi connectivity index (χ2n) is 5.88. The maximum absolute atomic E-state index is 12.3. The number of aryl methyl sites for hydroxylation is 2. The van der Waals surface area contributed by atoms with Gasteiger partial charge in [0.05, 0.1) is 12.2 Å². The van der Waals surface area contributed by atoms with E-state index in [2.05, 4.69) is 39.6 Å². The van der Waals surface area contributed by atoms with Crippen LogP contribution in [0.2, 0.25) is 0 Å². The summed E-state index contributed by atoms with van der Waals surface area (Å²) in [6, 6.07) is 12.7. The largest absolute Gasteiger partial charge is 0.310 e. The van der Waals surface area contributed by atoms with Gasteiger partial charge in [0.2, 0.25) is 5.91 Å². The molecule has 0 aliphatic carbocycles. The van der Waals surface area contributed by atoms with E-state index in [9.17, 15) is 4.79 Å². The van der Waals surface area contributed by atoms with Crippen molar-refractivity contribution in [1.29, 1.82) is 0 Å². The van der Waals surface area contributed by atoms with Crippen molar-refractivity contribution >= 4 is 11.7 Å². The number of nitrogens with zero attached hydrogens (tertiary/aromatic N) is 3. The highest BCUT2D eigenvalue weighted by molar-refractivity contribution is 5.91. The van der Waals surface area contributed by atoms with E-state index in [1.54, 1.807) is 4.68 Å². The summed E-state index contributed by atoms with van der Waals surface area (Å²) < 4.78 is 1.70. The standard InChI is InChI=1S/C17H22N4O/c1-13-11-16(20(2)19-13)18-17(22)12-21-10-6-9-15(21)14-7-4-3-5-8-14/h3-5,7-8,11,15H,6,9-10,12H2,1-2H3,(H,18,22). The maximum atomic E-state index is 12.3. The highest BCUT2D eigenvalue weighted by Crippen LogP contribution is 2.31. The first-order valence-corrected chi connectivity index (χ1v) is 7.73. The first-order valence-electron chi connectivity index (χ1n) is 7.73. The third-order valence-electron chi connectivity index (χ3n) is 4.16. The SMILES string of the molecule is Cc1cc(NC(=O)CN2CCCC2c2ccccc2)n(C)n1. The van der Waals surface area contributed by atoms with Gasteiger partial charge in [-0.2, -0.15) is 5.10 Å². The molecule has 0 spiro atoms. The Morgan fingerprint density at radius 3 is 2.82 bits per heavy atom. The van der Waals surface area contributed by atoms with Gasteiger partial charge in [0.15, 0.2) is 0 Å². The van der Waals surface area contributed by atoms with Gasteiger partial charge in [-0.1, -0.05) is 30.3 Å². The van der Waals surface area contributed by atoms with Crippen LogP contribution in [-0.2, 0) is 11.8 Å². The zero-order valence-electron chi connectivity index (χ0n) is 13.1. The van der Waals surface area contributed by atoms with Crippen LogP contribution in [-0.4, -0.2) is 33.7 Å². The normalized spacial score (nSPS) is 18.5. The molecule has 1 fully saturated rings. The molecule has 2 heterocycles. The smallest absolute Gasteiger partial charge is 0.239 e. The Balaban J connectivity index is 1.64. The van der Waals surface area contributed by atoms with Gasteiger partial charge in [-0.3, -0.25) is 14.4 Å². The molecule has 116 valence electrons. The predicted octanol–water partition coefficient (Wildman–Crippen LogP) is 2.50. The highest BCUT2D eigenvalue weighted by Gasteiger charge is 2.27. The number of rotatable bonds is 4. The Morgan fingerprint density at radius 1 is 1.36 bits per heavy atom. The summed E-state index contributed by atoms with van der Waals surface area (Å²) in [5.74, 6) is 0.767. The molecule has 0 saturated carbocycles. The molecule has 0 bridgehead atoms. The van der Waals surface area contributed by atoms with Gasteiger partial charge >= 0.3 is 0 Å². The van der Waals surface area contributed by atoms with Gasteiger partial charge in [0.25, 0.3) is 0 Å². The van der Waals surface area contributed by atoms with E-state index in [0.717, 1.165) is 30.9 Å². The number of amides is 1. The topological polar surface area (TPSA) is 50.2 Å². The van der Waals surface area contributed by atoms with Crippen molar-refractivity contribution in [3.05, 3.63) is 47.7 Å². The minimum Gasteiger partial charge on any atom is -0.310 e. The van der Waals surface area contributed by atoms with Crippen LogP contribution >= 0.6 is 0 Å². The minimum absolute atomic E-state index is 0.0193. The van der Waals surface area contributed by atoms with Crippen molar-refractivity contribution in [2.24, 2.45) is 7.05 Å². The van der Waals surface area contributed by atoms with E-state index in [4.69, 9.17) is 0 Å². The van der Waals surface area contributed by atoms with Crippen LogP contribution in [0.25, 0.3) is 0 Å². The van der Waals surface area contributed by atoms with Crippen LogP contribution in [0, 0.1) is 6.92 Å². The van der Waals surface area contributed by atoms with Crippen LogP contribution in [0.4, 0.5) is 5.82 Å². The molecule has 5 heteroatoms. The van der Waals surface area contributed by atoms with Crippen LogP contribution in [0.1, 0.15) is 30.1 Å². The van der Waals surface area contributed by atoms with Crippen LogP contribution in [0.5, 0.6) is 0 Å². The second kappa shape index (κ2) is 6.32. The van der Waals surface area contributed by atoms with Crippen LogP contribution in [0.15, 0.2) is 36.4 Å². The van der Waals surface area contributed by atoms with E-state index in [0.29, 0.717) is 12.6 Å². The van der Waals surface area contributed by atoms with Crippen molar-refractivity contribution in [1.82, 2.24) is 14.7 Å². The number of aromatic nitrogens is 2. The fourth-order valence-electron chi connectivity index (χ4n) is 3.16. The zero-order chi connectivity index (χ0) is 15.5. The van der Waals surface area contributed by atoms with Crippen molar-refractivity contribution in [3.8, 4) is 0 Å². The van der Waals surface area contributed by atoms with Crippen LogP contribution < -0.4 is 5.32 Å². The molecule has 0 radical (unpaired) electrons. The molecular formula is C17H22N4O. The molecule has 1 aliphatic rings.